The van der Waals surface area contributed by atoms with Gasteiger partial charge >= 0.3 is 0 Å². The van der Waals surface area contributed by atoms with Crippen molar-refractivity contribution in [2.45, 2.75) is 19.7 Å². The maximum atomic E-state index is 11.2. The molecule has 8 heteroatoms. The third kappa shape index (κ3) is 3.88. The van der Waals surface area contributed by atoms with Gasteiger partial charge in [-0.25, -0.2) is 0 Å². The lowest BCUT2D eigenvalue weighted by Crippen LogP contribution is -2.45. The molecule has 0 atom stereocenters. The topological polar surface area (TPSA) is 68.1 Å². The minimum atomic E-state index is -0.350. The van der Waals surface area contributed by atoms with Gasteiger partial charge in [-0.05, 0) is 11.4 Å². The van der Waals surface area contributed by atoms with E-state index < -0.39 is 0 Å². The normalized spacial score (nSPS) is 18.3. The zero-order valence-corrected chi connectivity index (χ0v) is 15.2. The molecular weight excluding hydrogens is 354 g/mol. The number of thiophene rings is 1. The molecule has 2 aliphatic rings. The summed E-state index contributed by atoms with van der Waals surface area (Å²) in [4.78, 5) is 17.1. The molecule has 2 aliphatic heterocycles. The van der Waals surface area contributed by atoms with Crippen molar-refractivity contribution >= 4 is 17.0 Å². The molecule has 1 saturated heterocycles. The minimum absolute atomic E-state index is 0.101. The third-order valence-corrected chi connectivity index (χ3v) is 5.66. The Hall–Kier alpha value is -2.00. The molecule has 1 aromatic carbocycles. The van der Waals surface area contributed by atoms with Gasteiger partial charge in [0.05, 0.1) is 11.5 Å². The largest absolute Gasteiger partial charge is 0.467 e. The van der Waals surface area contributed by atoms with E-state index in [0.717, 1.165) is 49.6 Å². The summed E-state index contributed by atoms with van der Waals surface area (Å²) in [6, 6.07) is 7.45. The van der Waals surface area contributed by atoms with Crippen LogP contribution in [0, 0.1) is 10.1 Å². The van der Waals surface area contributed by atoms with Gasteiger partial charge in [0.2, 0.25) is 0 Å². The Balaban J connectivity index is 1.43. The number of hydrogen-bond donors (Lipinski definition) is 0. The van der Waals surface area contributed by atoms with Gasteiger partial charge < -0.3 is 9.47 Å². The molecule has 4 rings (SSSR count). The van der Waals surface area contributed by atoms with Crippen molar-refractivity contribution in [2.24, 2.45) is 0 Å². The number of non-ortho nitro benzene ring substituents is 1. The monoisotopic (exact) mass is 375 g/mol. The number of fused-ring (bicyclic) bond motifs is 1. The van der Waals surface area contributed by atoms with Gasteiger partial charge in [-0.2, -0.15) is 0 Å². The van der Waals surface area contributed by atoms with Crippen LogP contribution in [0.1, 0.15) is 16.0 Å². The smallest absolute Gasteiger partial charge is 0.270 e. The van der Waals surface area contributed by atoms with Crippen LogP contribution in [0.25, 0.3) is 0 Å². The van der Waals surface area contributed by atoms with Gasteiger partial charge in [0.25, 0.3) is 5.69 Å². The van der Waals surface area contributed by atoms with Crippen molar-refractivity contribution in [2.75, 3.05) is 33.0 Å². The second-order valence-corrected chi connectivity index (χ2v) is 7.62. The SMILES string of the molecule is O=[N+]([O-])c1cc2c(c(CN3CCN(Cc4cccs4)CC3)c1)OCOC2. The Bertz CT molecular complexity index is 773. The van der Waals surface area contributed by atoms with E-state index in [0.29, 0.717) is 13.2 Å². The number of nitro benzene ring substituents is 1. The number of hydrogen-bond acceptors (Lipinski definition) is 7. The fourth-order valence-electron chi connectivity index (χ4n) is 3.47. The van der Waals surface area contributed by atoms with Crippen LogP contribution in [0.4, 0.5) is 5.69 Å². The molecule has 0 unspecified atom stereocenters. The molecule has 0 bridgehead atoms. The Labute approximate surface area is 155 Å². The molecule has 0 amide bonds. The van der Waals surface area contributed by atoms with Gasteiger partial charge in [0.1, 0.15) is 5.75 Å². The fourth-order valence-corrected chi connectivity index (χ4v) is 4.22. The van der Waals surface area contributed by atoms with Crippen molar-refractivity contribution in [3.8, 4) is 5.75 Å². The number of rotatable bonds is 5. The molecule has 2 aromatic rings. The predicted molar refractivity (Wildman–Crippen MR) is 98.3 cm³/mol. The molecule has 0 aliphatic carbocycles. The van der Waals surface area contributed by atoms with Gasteiger partial charge in [-0.15, -0.1) is 11.3 Å². The van der Waals surface area contributed by atoms with E-state index in [2.05, 4.69) is 27.3 Å². The summed E-state index contributed by atoms with van der Waals surface area (Å²) in [6.07, 6.45) is 0. The van der Waals surface area contributed by atoms with Crippen molar-refractivity contribution in [3.05, 3.63) is 55.8 Å². The van der Waals surface area contributed by atoms with Crippen LogP contribution in [0.5, 0.6) is 5.75 Å². The van der Waals surface area contributed by atoms with E-state index >= 15 is 0 Å². The summed E-state index contributed by atoms with van der Waals surface area (Å²) in [5.74, 6) is 0.753. The van der Waals surface area contributed by atoms with E-state index in [1.165, 1.54) is 4.88 Å². The maximum absolute atomic E-state index is 11.2. The Morgan fingerprint density at radius 2 is 1.92 bits per heavy atom. The van der Waals surface area contributed by atoms with Gasteiger partial charge in [-0.1, -0.05) is 6.07 Å². The molecule has 0 saturated carbocycles. The first-order valence-electron chi connectivity index (χ1n) is 8.67. The average molecular weight is 375 g/mol. The van der Waals surface area contributed by atoms with Crippen LogP contribution in [0.15, 0.2) is 29.6 Å². The van der Waals surface area contributed by atoms with Gasteiger partial charge in [-0.3, -0.25) is 19.9 Å². The standard InChI is InChI=1S/C18H21N3O4S/c22-21(23)16-8-14(18-15(9-16)12-24-13-25-18)10-19-3-5-20(6-4-19)11-17-2-1-7-26-17/h1-2,7-9H,3-6,10-13H2. The number of piperazine rings is 1. The Morgan fingerprint density at radius 3 is 2.62 bits per heavy atom. The lowest BCUT2D eigenvalue weighted by atomic mass is 10.1. The quantitative estimate of drug-likeness (QED) is 0.591. The molecule has 0 N–H and O–H groups in total. The highest BCUT2D eigenvalue weighted by molar-refractivity contribution is 7.09. The van der Waals surface area contributed by atoms with E-state index in [4.69, 9.17) is 9.47 Å². The Kier molecular flexibility index (Phi) is 5.16. The summed E-state index contributed by atoms with van der Waals surface area (Å²) in [6.45, 7) is 6.11. The van der Waals surface area contributed by atoms with Crippen LogP contribution in [-0.4, -0.2) is 47.7 Å². The molecule has 138 valence electrons. The van der Waals surface area contributed by atoms with Crippen LogP contribution in [0.3, 0.4) is 0 Å². The van der Waals surface area contributed by atoms with E-state index in [1.54, 1.807) is 23.5 Å². The second-order valence-electron chi connectivity index (χ2n) is 6.59. The van der Waals surface area contributed by atoms with Crippen LogP contribution < -0.4 is 4.74 Å². The number of ether oxygens (including phenoxy) is 2. The predicted octanol–water partition coefficient (Wildman–Crippen LogP) is 2.84. The summed E-state index contributed by atoms with van der Waals surface area (Å²) in [5.41, 5.74) is 1.74. The molecule has 26 heavy (non-hydrogen) atoms. The van der Waals surface area contributed by atoms with Crippen LogP contribution in [0.2, 0.25) is 0 Å². The number of benzene rings is 1. The van der Waals surface area contributed by atoms with E-state index in [9.17, 15) is 10.1 Å². The van der Waals surface area contributed by atoms with Gasteiger partial charge in [0, 0.05) is 67.4 Å². The first kappa shape index (κ1) is 17.4. The summed E-state index contributed by atoms with van der Waals surface area (Å²) in [5, 5.41) is 13.3. The van der Waals surface area contributed by atoms with Crippen molar-refractivity contribution in [1.29, 1.82) is 0 Å². The zero-order chi connectivity index (χ0) is 17.9. The highest BCUT2D eigenvalue weighted by Gasteiger charge is 2.24. The Morgan fingerprint density at radius 1 is 1.15 bits per heavy atom. The summed E-state index contributed by atoms with van der Waals surface area (Å²) >= 11 is 1.79. The fraction of sp³-hybridized carbons (Fsp3) is 0.444. The second kappa shape index (κ2) is 7.71. The van der Waals surface area contributed by atoms with Crippen molar-refractivity contribution < 1.29 is 14.4 Å². The highest BCUT2D eigenvalue weighted by atomic mass is 32.1. The average Bonchev–Trinajstić information content (AvgIpc) is 3.16. The summed E-state index contributed by atoms with van der Waals surface area (Å²) < 4.78 is 10.9. The first-order valence-corrected chi connectivity index (χ1v) is 9.55. The van der Waals surface area contributed by atoms with Crippen molar-refractivity contribution in [3.63, 3.8) is 0 Å². The number of nitro groups is 1. The zero-order valence-electron chi connectivity index (χ0n) is 14.4. The molecule has 7 nitrogen and oxygen atoms in total. The molecule has 1 fully saturated rings. The maximum Gasteiger partial charge on any atom is 0.270 e. The third-order valence-electron chi connectivity index (χ3n) is 4.80. The number of nitrogens with zero attached hydrogens (tertiary/aromatic N) is 3. The van der Waals surface area contributed by atoms with Crippen LogP contribution >= 0.6 is 11.3 Å². The van der Waals surface area contributed by atoms with Crippen molar-refractivity contribution in [1.82, 2.24) is 9.80 Å². The molecular formula is C18H21N3O4S. The van der Waals surface area contributed by atoms with E-state index in [1.807, 2.05) is 0 Å². The first-order chi connectivity index (χ1) is 12.7. The molecule has 1 aromatic heterocycles. The van der Waals surface area contributed by atoms with E-state index in [-0.39, 0.29) is 17.4 Å². The minimum Gasteiger partial charge on any atom is -0.467 e. The summed E-state index contributed by atoms with van der Waals surface area (Å²) in [7, 11) is 0. The lowest BCUT2D eigenvalue weighted by Gasteiger charge is -2.35. The van der Waals surface area contributed by atoms with Gasteiger partial charge in [0.15, 0.2) is 6.79 Å². The highest BCUT2D eigenvalue weighted by Crippen LogP contribution is 2.33. The molecule has 0 spiro atoms. The molecule has 3 heterocycles. The lowest BCUT2D eigenvalue weighted by molar-refractivity contribution is -0.385. The molecule has 0 radical (unpaired) electrons. The van der Waals surface area contributed by atoms with Crippen LogP contribution in [-0.2, 0) is 24.4 Å².